The first kappa shape index (κ1) is 14.8. The minimum absolute atomic E-state index is 0.128. The Labute approximate surface area is 126 Å². The van der Waals surface area contributed by atoms with E-state index < -0.39 is 0 Å². The highest BCUT2D eigenvalue weighted by molar-refractivity contribution is 9.10. The van der Waals surface area contributed by atoms with Crippen LogP contribution in [0, 0.1) is 0 Å². The van der Waals surface area contributed by atoms with E-state index in [9.17, 15) is 4.79 Å². The summed E-state index contributed by atoms with van der Waals surface area (Å²) in [4.78, 5) is 12.1. The van der Waals surface area contributed by atoms with Crippen LogP contribution in [-0.2, 0) is 6.42 Å². The minimum atomic E-state index is -0.128. The number of nitrogens with one attached hydrogen (secondary N) is 1. The lowest BCUT2D eigenvalue weighted by molar-refractivity contribution is 0.102. The van der Waals surface area contributed by atoms with Gasteiger partial charge in [-0.15, -0.1) is 0 Å². The van der Waals surface area contributed by atoms with Crippen LogP contribution in [0.25, 0.3) is 0 Å². The number of halogens is 1. The Hall–Kier alpha value is -1.65. The number of aryl methyl sites for hydroxylation is 1. The topological polar surface area (TPSA) is 49.3 Å². The Kier molecular flexibility index (Phi) is 5.32. The predicted molar refractivity (Wildman–Crippen MR) is 83.9 cm³/mol. The molecule has 3 nitrogen and oxygen atoms in total. The van der Waals surface area contributed by atoms with E-state index in [1.807, 2.05) is 36.4 Å². The zero-order valence-electron chi connectivity index (χ0n) is 11.0. The molecule has 0 spiro atoms. The standard InChI is InChI=1S/C16H16BrNO2/c17-14-8-6-13(7-9-14)16(20)18-15-5-1-3-12(11-15)4-2-10-19/h1,3,5-9,11,19H,2,4,10H2,(H,18,20). The van der Waals surface area contributed by atoms with E-state index in [0.717, 1.165) is 28.6 Å². The summed E-state index contributed by atoms with van der Waals surface area (Å²) in [5, 5.41) is 11.7. The number of benzene rings is 2. The number of anilines is 1. The molecule has 0 aliphatic heterocycles. The lowest BCUT2D eigenvalue weighted by Gasteiger charge is -2.07. The predicted octanol–water partition coefficient (Wildman–Crippen LogP) is 3.63. The SMILES string of the molecule is O=C(Nc1cccc(CCCO)c1)c1ccc(Br)cc1. The Morgan fingerprint density at radius 3 is 2.60 bits per heavy atom. The van der Waals surface area contributed by atoms with Crippen LogP contribution in [0.1, 0.15) is 22.3 Å². The third-order valence-electron chi connectivity index (χ3n) is 2.91. The third-order valence-corrected chi connectivity index (χ3v) is 3.44. The molecule has 2 aromatic carbocycles. The number of aliphatic hydroxyl groups is 1. The maximum atomic E-state index is 12.1. The molecule has 0 atom stereocenters. The fourth-order valence-electron chi connectivity index (χ4n) is 1.89. The van der Waals surface area contributed by atoms with Gasteiger partial charge in [0.05, 0.1) is 0 Å². The van der Waals surface area contributed by atoms with Gasteiger partial charge in [-0.3, -0.25) is 4.79 Å². The maximum absolute atomic E-state index is 12.1. The summed E-state index contributed by atoms with van der Waals surface area (Å²) in [7, 11) is 0. The zero-order chi connectivity index (χ0) is 14.4. The molecule has 1 amide bonds. The molecule has 0 fully saturated rings. The molecule has 104 valence electrons. The van der Waals surface area contributed by atoms with E-state index in [2.05, 4.69) is 21.2 Å². The minimum Gasteiger partial charge on any atom is -0.396 e. The van der Waals surface area contributed by atoms with Gasteiger partial charge in [-0.1, -0.05) is 28.1 Å². The summed E-state index contributed by atoms with van der Waals surface area (Å²) in [6.07, 6.45) is 1.53. The summed E-state index contributed by atoms with van der Waals surface area (Å²) in [5.41, 5.74) is 2.50. The summed E-state index contributed by atoms with van der Waals surface area (Å²) in [6, 6.07) is 14.9. The smallest absolute Gasteiger partial charge is 0.255 e. The van der Waals surface area contributed by atoms with E-state index >= 15 is 0 Å². The second-order valence-corrected chi connectivity index (χ2v) is 5.40. The van der Waals surface area contributed by atoms with Crippen molar-refractivity contribution in [2.24, 2.45) is 0 Å². The molecule has 0 aromatic heterocycles. The van der Waals surface area contributed by atoms with E-state index in [-0.39, 0.29) is 12.5 Å². The molecular weight excluding hydrogens is 318 g/mol. The van der Waals surface area contributed by atoms with Gasteiger partial charge in [0, 0.05) is 22.3 Å². The maximum Gasteiger partial charge on any atom is 0.255 e. The second kappa shape index (κ2) is 7.22. The fourth-order valence-corrected chi connectivity index (χ4v) is 2.16. The van der Waals surface area contributed by atoms with Crippen molar-refractivity contribution < 1.29 is 9.90 Å². The van der Waals surface area contributed by atoms with Crippen molar-refractivity contribution in [2.75, 3.05) is 11.9 Å². The first-order valence-electron chi connectivity index (χ1n) is 6.46. The zero-order valence-corrected chi connectivity index (χ0v) is 12.6. The van der Waals surface area contributed by atoms with Gasteiger partial charge in [0.25, 0.3) is 5.91 Å². The molecule has 0 aliphatic carbocycles. The first-order valence-corrected chi connectivity index (χ1v) is 7.25. The van der Waals surface area contributed by atoms with Crippen LogP contribution in [0.4, 0.5) is 5.69 Å². The van der Waals surface area contributed by atoms with Crippen LogP contribution < -0.4 is 5.32 Å². The quantitative estimate of drug-likeness (QED) is 0.877. The molecule has 2 aromatic rings. The molecular formula is C16H16BrNO2. The number of rotatable bonds is 5. The first-order chi connectivity index (χ1) is 9.69. The van der Waals surface area contributed by atoms with E-state index in [1.54, 1.807) is 12.1 Å². The van der Waals surface area contributed by atoms with Crippen LogP contribution in [0.15, 0.2) is 53.0 Å². The molecule has 0 radical (unpaired) electrons. The van der Waals surface area contributed by atoms with Gasteiger partial charge in [0.1, 0.15) is 0 Å². The normalized spacial score (nSPS) is 10.3. The average molecular weight is 334 g/mol. The lowest BCUT2D eigenvalue weighted by atomic mass is 10.1. The van der Waals surface area contributed by atoms with Gasteiger partial charge in [0.2, 0.25) is 0 Å². The van der Waals surface area contributed by atoms with E-state index in [1.165, 1.54) is 0 Å². The van der Waals surface area contributed by atoms with Crippen molar-refractivity contribution in [3.05, 3.63) is 64.1 Å². The van der Waals surface area contributed by atoms with Crippen molar-refractivity contribution in [2.45, 2.75) is 12.8 Å². The molecule has 20 heavy (non-hydrogen) atoms. The summed E-state index contributed by atoms with van der Waals surface area (Å²) in [6.45, 7) is 0.176. The highest BCUT2D eigenvalue weighted by atomic mass is 79.9. The monoisotopic (exact) mass is 333 g/mol. The van der Waals surface area contributed by atoms with E-state index in [4.69, 9.17) is 5.11 Å². The Morgan fingerprint density at radius 2 is 1.90 bits per heavy atom. The number of carbonyl (C=O) groups is 1. The van der Waals surface area contributed by atoms with Gasteiger partial charge in [0.15, 0.2) is 0 Å². The van der Waals surface area contributed by atoms with Crippen LogP contribution in [0.2, 0.25) is 0 Å². The van der Waals surface area contributed by atoms with Crippen molar-refractivity contribution >= 4 is 27.5 Å². The Morgan fingerprint density at radius 1 is 1.15 bits per heavy atom. The largest absolute Gasteiger partial charge is 0.396 e. The number of hydrogen-bond acceptors (Lipinski definition) is 2. The van der Waals surface area contributed by atoms with Crippen molar-refractivity contribution in [3.8, 4) is 0 Å². The Balaban J connectivity index is 2.05. The van der Waals surface area contributed by atoms with Crippen LogP contribution in [0.3, 0.4) is 0 Å². The van der Waals surface area contributed by atoms with E-state index in [0.29, 0.717) is 5.56 Å². The van der Waals surface area contributed by atoms with Crippen LogP contribution >= 0.6 is 15.9 Å². The summed E-state index contributed by atoms with van der Waals surface area (Å²) >= 11 is 3.34. The highest BCUT2D eigenvalue weighted by Gasteiger charge is 2.06. The van der Waals surface area contributed by atoms with Gasteiger partial charge >= 0.3 is 0 Å². The number of amides is 1. The van der Waals surface area contributed by atoms with Gasteiger partial charge < -0.3 is 10.4 Å². The Bertz CT molecular complexity index is 581. The van der Waals surface area contributed by atoms with Crippen molar-refractivity contribution in [1.29, 1.82) is 0 Å². The number of carbonyl (C=O) groups excluding carboxylic acids is 1. The number of aliphatic hydroxyl groups excluding tert-OH is 1. The molecule has 2 rings (SSSR count). The molecule has 0 saturated heterocycles. The summed E-state index contributed by atoms with van der Waals surface area (Å²) in [5.74, 6) is -0.128. The lowest BCUT2D eigenvalue weighted by Crippen LogP contribution is -2.11. The second-order valence-electron chi connectivity index (χ2n) is 4.49. The van der Waals surface area contributed by atoms with Gasteiger partial charge in [-0.05, 0) is 54.8 Å². The molecule has 0 aliphatic rings. The van der Waals surface area contributed by atoms with Crippen LogP contribution in [-0.4, -0.2) is 17.6 Å². The average Bonchev–Trinajstić information content (AvgIpc) is 2.46. The van der Waals surface area contributed by atoms with Gasteiger partial charge in [-0.25, -0.2) is 0 Å². The molecule has 4 heteroatoms. The van der Waals surface area contributed by atoms with Crippen molar-refractivity contribution in [1.82, 2.24) is 0 Å². The number of hydrogen-bond donors (Lipinski definition) is 2. The molecule has 0 unspecified atom stereocenters. The van der Waals surface area contributed by atoms with Crippen LogP contribution in [0.5, 0.6) is 0 Å². The highest BCUT2D eigenvalue weighted by Crippen LogP contribution is 2.15. The summed E-state index contributed by atoms with van der Waals surface area (Å²) < 4.78 is 0.944. The molecule has 0 heterocycles. The molecule has 0 bridgehead atoms. The third kappa shape index (κ3) is 4.18. The fraction of sp³-hybridized carbons (Fsp3) is 0.188. The van der Waals surface area contributed by atoms with Gasteiger partial charge in [-0.2, -0.15) is 0 Å². The van der Waals surface area contributed by atoms with Crippen molar-refractivity contribution in [3.63, 3.8) is 0 Å². The molecule has 0 saturated carbocycles. The molecule has 2 N–H and O–H groups in total.